The number of carbonyl (C=O) groups excluding carboxylic acids is 2. The van der Waals surface area contributed by atoms with Gasteiger partial charge in [-0.25, -0.2) is 0 Å². The third-order valence-electron chi connectivity index (χ3n) is 2.60. The molecule has 17 heavy (non-hydrogen) atoms. The Balaban J connectivity index is 2.29. The quantitative estimate of drug-likeness (QED) is 0.427. The molecule has 1 heterocycles. The number of likely N-dealkylation sites (tertiary alicyclic amines) is 1. The van der Waals surface area contributed by atoms with Gasteiger partial charge in [-0.15, -0.1) is 5.92 Å². The lowest BCUT2D eigenvalue weighted by Gasteiger charge is -2.16. The maximum Gasteiger partial charge on any atom is 0.303 e. The summed E-state index contributed by atoms with van der Waals surface area (Å²) in [5.41, 5.74) is 0. The van der Waals surface area contributed by atoms with Crippen LogP contribution >= 0.6 is 0 Å². The van der Waals surface area contributed by atoms with Crippen molar-refractivity contribution in [3.05, 3.63) is 0 Å². The van der Waals surface area contributed by atoms with Gasteiger partial charge in [0.2, 0.25) is 5.91 Å². The zero-order valence-electron chi connectivity index (χ0n) is 9.52. The Kier molecular flexibility index (Phi) is 5.21. The van der Waals surface area contributed by atoms with Crippen molar-refractivity contribution in [2.45, 2.75) is 38.1 Å². The van der Waals surface area contributed by atoms with Crippen LogP contribution in [0.5, 0.6) is 0 Å². The van der Waals surface area contributed by atoms with Gasteiger partial charge in [0.1, 0.15) is 6.29 Å². The van der Waals surface area contributed by atoms with Crippen LogP contribution in [-0.4, -0.2) is 40.8 Å². The summed E-state index contributed by atoms with van der Waals surface area (Å²) in [6.45, 7) is 0.259. The predicted octanol–water partition coefficient (Wildman–Crippen LogP) is 0.435. The van der Waals surface area contributed by atoms with E-state index < -0.39 is 5.97 Å². The SMILES string of the molecule is O=CC1CCC(=O)N1CC#CCCCC(=O)O. The topological polar surface area (TPSA) is 74.7 Å². The minimum atomic E-state index is -0.831. The molecule has 0 aromatic carbocycles. The maximum absolute atomic E-state index is 11.4. The summed E-state index contributed by atoms with van der Waals surface area (Å²) in [6.07, 6.45) is 2.87. The van der Waals surface area contributed by atoms with Gasteiger partial charge in [-0.2, -0.15) is 0 Å². The van der Waals surface area contributed by atoms with E-state index in [-0.39, 0.29) is 24.9 Å². The summed E-state index contributed by atoms with van der Waals surface area (Å²) >= 11 is 0. The number of carboxylic acids is 1. The smallest absolute Gasteiger partial charge is 0.303 e. The molecule has 0 aromatic heterocycles. The molecule has 0 bridgehead atoms. The molecule has 1 saturated heterocycles. The van der Waals surface area contributed by atoms with Crippen LogP contribution in [0.2, 0.25) is 0 Å². The molecule has 1 aliphatic heterocycles. The fourth-order valence-electron chi connectivity index (χ4n) is 1.66. The average molecular weight is 237 g/mol. The number of amides is 1. The third kappa shape index (κ3) is 4.27. The van der Waals surface area contributed by atoms with E-state index in [1.165, 1.54) is 4.90 Å². The standard InChI is InChI=1S/C12H15NO4/c14-9-10-6-7-11(15)13(10)8-4-2-1-3-5-12(16)17/h9-10H,1,3,5-8H2,(H,16,17). The van der Waals surface area contributed by atoms with Crippen molar-refractivity contribution in [1.82, 2.24) is 4.90 Å². The van der Waals surface area contributed by atoms with Gasteiger partial charge < -0.3 is 14.8 Å². The van der Waals surface area contributed by atoms with Gasteiger partial charge in [-0.3, -0.25) is 9.59 Å². The number of aldehydes is 1. The Labute approximate surface area is 99.8 Å². The molecule has 1 amide bonds. The highest BCUT2D eigenvalue weighted by Gasteiger charge is 2.29. The van der Waals surface area contributed by atoms with Crippen LogP contribution in [0.15, 0.2) is 0 Å². The molecule has 1 unspecified atom stereocenters. The summed E-state index contributed by atoms with van der Waals surface area (Å²) in [4.78, 5) is 33.7. The molecule has 1 rings (SSSR count). The van der Waals surface area contributed by atoms with Gasteiger partial charge in [-0.05, 0) is 12.8 Å². The number of hydrogen-bond donors (Lipinski definition) is 1. The number of aliphatic carboxylic acids is 1. The van der Waals surface area contributed by atoms with Crippen LogP contribution in [-0.2, 0) is 14.4 Å². The first-order chi connectivity index (χ1) is 8.15. The lowest BCUT2D eigenvalue weighted by Crippen LogP contribution is -2.34. The van der Waals surface area contributed by atoms with Crippen molar-refractivity contribution in [3.8, 4) is 11.8 Å². The molecular weight excluding hydrogens is 222 g/mol. The highest BCUT2D eigenvalue weighted by atomic mass is 16.4. The van der Waals surface area contributed by atoms with Crippen molar-refractivity contribution >= 4 is 18.2 Å². The highest BCUT2D eigenvalue weighted by Crippen LogP contribution is 2.15. The van der Waals surface area contributed by atoms with Crippen LogP contribution < -0.4 is 0 Å². The first-order valence-electron chi connectivity index (χ1n) is 5.57. The zero-order chi connectivity index (χ0) is 12.7. The van der Waals surface area contributed by atoms with E-state index in [0.717, 1.165) is 6.29 Å². The van der Waals surface area contributed by atoms with E-state index in [1.54, 1.807) is 0 Å². The molecule has 5 heteroatoms. The number of unbranched alkanes of at least 4 members (excludes halogenated alkanes) is 1. The van der Waals surface area contributed by atoms with E-state index in [2.05, 4.69) is 11.8 Å². The van der Waals surface area contributed by atoms with Crippen LogP contribution in [0, 0.1) is 11.8 Å². The molecule has 0 spiro atoms. The van der Waals surface area contributed by atoms with E-state index in [4.69, 9.17) is 5.11 Å². The molecule has 0 aromatic rings. The van der Waals surface area contributed by atoms with E-state index >= 15 is 0 Å². The summed E-state index contributed by atoms with van der Waals surface area (Å²) in [5, 5.41) is 8.40. The molecule has 1 atom stereocenters. The lowest BCUT2D eigenvalue weighted by atomic mass is 10.2. The molecule has 1 aliphatic rings. The number of hydrogen-bond acceptors (Lipinski definition) is 3. The Bertz CT molecular complexity index is 366. The average Bonchev–Trinajstić information content (AvgIpc) is 2.64. The summed E-state index contributed by atoms with van der Waals surface area (Å²) in [6, 6.07) is -0.337. The van der Waals surface area contributed by atoms with Crippen molar-refractivity contribution in [2.75, 3.05) is 6.54 Å². The van der Waals surface area contributed by atoms with Gasteiger partial charge in [-0.1, -0.05) is 5.92 Å². The molecule has 5 nitrogen and oxygen atoms in total. The maximum atomic E-state index is 11.4. The Morgan fingerprint density at radius 2 is 2.29 bits per heavy atom. The van der Waals surface area contributed by atoms with Crippen LogP contribution in [0.25, 0.3) is 0 Å². The Morgan fingerprint density at radius 1 is 1.53 bits per heavy atom. The van der Waals surface area contributed by atoms with Crippen LogP contribution in [0.3, 0.4) is 0 Å². The number of nitrogens with zero attached hydrogens (tertiary/aromatic N) is 1. The molecule has 1 fully saturated rings. The van der Waals surface area contributed by atoms with Crippen molar-refractivity contribution in [3.63, 3.8) is 0 Å². The normalized spacial score (nSPS) is 18.7. The second-order valence-corrected chi connectivity index (χ2v) is 3.86. The van der Waals surface area contributed by atoms with Crippen LogP contribution in [0.1, 0.15) is 32.1 Å². The van der Waals surface area contributed by atoms with E-state index in [0.29, 0.717) is 25.7 Å². The molecule has 0 saturated carbocycles. The monoisotopic (exact) mass is 237 g/mol. The van der Waals surface area contributed by atoms with Gasteiger partial charge in [0.05, 0.1) is 12.6 Å². The molecule has 1 N–H and O–H groups in total. The van der Waals surface area contributed by atoms with Crippen molar-refractivity contribution in [2.24, 2.45) is 0 Å². The van der Waals surface area contributed by atoms with Gasteiger partial charge in [0.15, 0.2) is 0 Å². The lowest BCUT2D eigenvalue weighted by molar-refractivity contribution is -0.137. The first kappa shape index (κ1) is 13.2. The van der Waals surface area contributed by atoms with Gasteiger partial charge in [0.25, 0.3) is 0 Å². The molecule has 92 valence electrons. The molecular formula is C12H15NO4. The number of rotatable bonds is 5. The first-order valence-corrected chi connectivity index (χ1v) is 5.57. The third-order valence-corrected chi connectivity index (χ3v) is 2.60. The molecule has 0 radical (unpaired) electrons. The summed E-state index contributed by atoms with van der Waals surface area (Å²) in [5.74, 6) is 4.74. The summed E-state index contributed by atoms with van der Waals surface area (Å²) in [7, 11) is 0. The Morgan fingerprint density at radius 3 is 2.94 bits per heavy atom. The summed E-state index contributed by atoms with van der Waals surface area (Å²) < 4.78 is 0. The zero-order valence-corrected chi connectivity index (χ0v) is 9.52. The number of carbonyl (C=O) groups is 3. The highest BCUT2D eigenvalue weighted by molar-refractivity contribution is 5.83. The van der Waals surface area contributed by atoms with Gasteiger partial charge in [0, 0.05) is 19.3 Å². The largest absolute Gasteiger partial charge is 0.481 e. The second-order valence-electron chi connectivity index (χ2n) is 3.86. The van der Waals surface area contributed by atoms with Gasteiger partial charge >= 0.3 is 5.97 Å². The van der Waals surface area contributed by atoms with E-state index in [9.17, 15) is 14.4 Å². The van der Waals surface area contributed by atoms with Crippen molar-refractivity contribution < 1.29 is 19.5 Å². The fourth-order valence-corrected chi connectivity index (χ4v) is 1.66. The Hall–Kier alpha value is -1.83. The number of carboxylic acid groups (broad SMARTS) is 1. The fraction of sp³-hybridized carbons (Fsp3) is 0.583. The van der Waals surface area contributed by atoms with Crippen LogP contribution in [0.4, 0.5) is 0 Å². The molecule has 0 aliphatic carbocycles. The minimum absolute atomic E-state index is 0.0399. The second kappa shape index (κ2) is 6.69. The minimum Gasteiger partial charge on any atom is -0.481 e. The van der Waals surface area contributed by atoms with E-state index in [1.807, 2.05) is 0 Å². The predicted molar refractivity (Wildman–Crippen MR) is 60.1 cm³/mol. The van der Waals surface area contributed by atoms with Crippen molar-refractivity contribution in [1.29, 1.82) is 0 Å².